The second kappa shape index (κ2) is 17.3. The third kappa shape index (κ3) is 11.9. The molecule has 5 rings (SSSR count). The molecule has 0 aliphatic carbocycles. The van der Waals surface area contributed by atoms with Gasteiger partial charge in [0.05, 0.1) is 0 Å². The maximum Gasteiger partial charge on any atom is 1.00 e. The van der Waals surface area contributed by atoms with Crippen LogP contribution in [0, 0.1) is 0 Å². The van der Waals surface area contributed by atoms with E-state index >= 15 is 0 Å². The maximum absolute atomic E-state index is 10.5. The number of carbonyl (C=O) groups is 1. The third-order valence-corrected chi connectivity index (χ3v) is 7.74. The second-order valence-corrected chi connectivity index (χ2v) is 11.4. The van der Waals surface area contributed by atoms with Crippen molar-refractivity contribution in [1.82, 2.24) is 4.90 Å². The summed E-state index contributed by atoms with van der Waals surface area (Å²) >= 11 is 12.0. The van der Waals surface area contributed by atoms with Gasteiger partial charge in [-0.1, -0.05) is 88.0 Å². The molecule has 0 unspecified atom stereocenters. The molecule has 4 aromatic carbocycles. The van der Waals surface area contributed by atoms with Crippen LogP contribution in [0.15, 0.2) is 138 Å². The van der Waals surface area contributed by atoms with Crippen LogP contribution in [0.5, 0.6) is 0 Å². The monoisotopic (exact) mass is 603 g/mol. The Kier molecular flexibility index (Phi) is 14.9. The number of likely N-dealkylation sites (tertiary alicyclic amines) is 1. The van der Waals surface area contributed by atoms with Gasteiger partial charge in [0.1, 0.15) is 0 Å². The van der Waals surface area contributed by atoms with E-state index in [1.54, 1.807) is 28.4 Å². The van der Waals surface area contributed by atoms with Crippen molar-refractivity contribution in [3.8, 4) is 0 Å². The van der Waals surface area contributed by atoms with Gasteiger partial charge in [-0.05, 0) is 67.1 Å². The Labute approximate surface area is 259 Å². The Bertz CT molecular complexity index is 1080. The molecule has 180 valence electrons. The van der Waals surface area contributed by atoms with Crippen LogP contribution in [-0.2, 0) is 17.4 Å². The predicted molar refractivity (Wildman–Crippen MR) is 154 cm³/mol. The Morgan fingerprint density at radius 3 is 1.47 bits per heavy atom. The number of amides is 1. The van der Waals surface area contributed by atoms with E-state index < -0.39 is 0 Å². The van der Waals surface area contributed by atoms with Crippen molar-refractivity contribution < 1.29 is 34.4 Å². The number of benzene rings is 4. The first-order valence-electron chi connectivity index (χ1n) is 11.2. The summed E-state index contributed by atoms with van der Waals surface area (Å²) in [4.78, 5) is 18.2. The molecule has 0 bridgehead atoms. The van der Waals surface area contributed by atoms with Crippen LogP contribution < -0.4 is 29.6 Å². The SMILES string of the molecule is Brc1ccc(Sc2ccccc2)cc1.CN1CCCC1=O.[Na+].[S-]c1ccc(Sc2ccccc2)cc1. The number of carbonyl (C=O) groups excluding carboxylic acids is 1. The topological polar surface area (TPSA) is 20.3 Å². The van der Waals surface area contributed by atoms with Crippen LogP contribution in [0.3, 0.4) is 0 Å². The van der Waals surface area contributed by atoms with Crippen LogP contribution >= 0.6 is 39.5 Å². The van der Waals surface area contributed by atoms with Crippen molar-refractivity contribution in [1.29, 1.82) is 0 Å². The minimum atomic E-state index is 0. The summed E-state index contributed by atoms with van der Waals surface area (Å²) < 4.78 is 1.12. The van der Waals surface area contributed by atoms with E-state index in [1.165, 1.54) is 19.6 Å². The van der Waals surface area contributed by atoms with E-state index in [0.29, 0.717) is 5.91 Å². The molecule has 1 heterocycles. The minimum Gasteiger partial charge on any atom is -0.780 e. The largest absolute Gasteiger partial charge is 1.00 e. The van der Waals surface area contributed by atoms with Gasteiger partial charge in [0.15, 0.2) is 0 Å². The van der Waals surface area contributed by atoms with E-state index in [0.717, 1.165) is 28.8 Å². The minimum absolute atomic E-state index is 0. The zero-order chi connectivity index (χ0) is 24.9. The molecule has 0 atom stereocenters. The van der Waals surface area contributed by atoms with Crippen LogP contribution in [-0.4, -0.2) is 24.4 Å². The Morgan fingerprint density at radius 2 is 1.11 bits per heavy atom. The zero-order valence-electron chi connectivity index (χ0n) is 20.5. The van der Waals surface area contributed by atoms with Gasteiger partial charge in [0.25, 0.3) is 0 Å². The van der Waals surface area contributed by atoms with Gasteiger partial charge in [0, 0.05) is 44.1 Å². The summed E-state index contributed by atoms with van der Waals surface area (Å²) in [6, 6.07) is 37.1. The molecule has 36 heavy (non-hydrogen) atoms. The molecule has 0 radical (unpaired) electrons. The molecule has 1 fully saturated rings. The van der Waals surface area contributed by atoms with Gasteiger partial charge in [-0.15, -0.1) is 0 Å². The molecular formula is C29H27BrNNaOS3. The average Bonchev–Trinajstić information content (AvgIpc) is 3.26. The van der Waals surface area contributed by atoms with Crippen LogP contribution in [0.1, 0.15) is 12.8 Å². The molecule has 0 N–H and O–H groups in total. The van der Waals surface area contributed by atoms with Crippen molar-refractivity contribution in [3.63, 3.8) is 0 Å². The average molecular weight is 605 g/mol. The fraction of sp³-hybridized carbons (Fsp3) is 0.138. The van der Waals surface area contributed by atoms with Crippen molar-refractivity contribution in [3.05, 3.63) is 114 Å². The Hall–Kier alpha value is -1.25. The fourth-order valence-electron chi connectivity index (χ4n) is 3.04. The molecule has 1 amide bonds. The third-order valence-electron chi connectivity index (χ3n) is 4.91. The summed E-state index contributed by atoms with van der Waals surface area (Å²) in [5.41, 5.74) is 0. The van der Waals surface area contributed by atoms with Crippen LogP contribution in [0.4, 0.5) is 0 Å². The normalized spacial score (nSPS) is 11.9. The smallest absolute Gasteiger partial charge is 0.780 e. The summed E-state index contributed by atoms with van der Waals surface area (Å²) in [5, 5.41) is 0. The molecule has 4 aromatic rings. The second-order valence-electron chi connectivity index (χ2n) is 7.67. The summed E-state index contributed by atoms with van der Waals surface area (Å²) in [6.45, 7) is 0.957. The summed E-state index contributed by atoms with van der Waals surface area (Å²) in [5.74, 6) is 0.292. The van der Waals surface area contributed by atoms with Gasteiger partial charge < -0.3 is 17.5 Å². The molecule has 1 aliphatic rings. The van der Waals surface area contributed by atoms with Crippen molar-refractivity contribution in [2.24, 2.45) is 0 Å². The molecule has 2 nitrogen and oxygen atoms in total. The number of halogens is 1. The van der Waals surface area contributed by atoms with Gasteiger partial charge >= 0.3 is 29.6 Å². The van der Waals surface area contributed by atoms with Crippen molar-refractivity contribution >= 4 is 58.0 Å². The molecule has 1 saturated heterocycles. The quantitative estimate of drug-likeness (QED) is 0.224. The number of rotatable bonds is 4. The Morgan fingerprint density at radius 1 is 0.694 bits per heavy atom. The zero-order valence-corrected chi connectivity index (χ0v) is 26.5. The fourth-order valence-corrected chi connectivity index (χ4v) is 5.12. The number of nitrogens with zero attached hydrogens (tertiary/aromatic N) is 1. The van der Waals surface area contributed by atoms with Gasteiger partial charge in [-0.3, -0.25) is 4.79 Å². The number of hydrogen-bond acceptors (Lipinski definition) is 4. The Balaban J connectivity index is 0.000000198. The van der Waals surface area contributed by atoms with Crippen molar-refractivity contribution in [2.45, 2.75) is 37.3 Å². The van der Waals surface area contributed by atoms with E-state index in [9.17, 15) is 4.79 Å². The van der Waals surface area contributed by atoms with E-state index in [1.807, 2.05) is 43.4 Å². The van der Waals surface area contributed by atoms with Crippen LogP contribution in [0.25, 0.3) is 0 Å². The van der Waals surface area contributed by atoms with Crippen LogP contribution in [0.2, 0.25) is 0 Å². The first-order valence-corrected chi connectivity index (χ1v) is 14.1. The molecule has 1 aliphatic heterocycles. The molecule has 0 spiro atoms. The van der Waals surface area contributed by atoms with Gasteiger partial charge in [-0.2, -0.15) is 4.90 Å². The molecule has 7 heteroatoms. The summed E-state index contributed by atoms with van der Waals surface area (Å²) in [7, 11) is 1.84. The summed E-state index contributed by atoms with van der Waals surface area (Å²) in [6.07, 6.45) is 1.81. The van der Waals surface area contributed by atoms with Gasteiger partial charge in [0.2, 0.25) is 5.91 Å². The maximum atomic E-state index is 10.5. The first kappa shape index (κ1) is 31.0. The van der Waals surface area contributed by atoms with E-state index in [4.69, 9.17) is 12.6 Å². The molecule has 0 aromatic heterocycles. The molecule has 0 saturated carbocycles. The van der Waals surface area contributed by atoms with E-state index in [2.05, 4.69) is 88.7 Å². The number of hydrogen-bond donors (Lipinski definition) is 0. The van der Waals surface area contributed by atoms with Gasteiger partial charge in [-0.25, -0.2) is 0 Å². The van der Waals surface area contributed by atoms with Crippen molar-refractivity contribution in [2.75, 3.05) is 13.6 Å². The predicted octanol–water partition coefficient (Wildman–Crippen LogP) is 5.59. The standard InChI is InChI=1S/C12H9BrS.C12H10S2.C5H9NO.Na/c2*13-10-6-8-12(9-7-10)14-11-4-2-1-3-5-11;1-6-4-2-3-5(6)7;/h1-9H;1-9,13H;2-4H2,1H3;/q;;;+1/p-1. The first-order chi connectivity index (χ1) is 17.0. The van der Waals surface area contributed by atoms with E-state index in [-0.39, 0.29) is 29.6 Å². The molecular weight excluding hydrogens is 577 g/mol.